The van der Waals surface area contributed by atoms with Gasteiger partial charge in [-0.1, -0.05) is 0 Å². The van der Waals surface area contributed by atoms with Gasteiger partial charge in [0.15, 0.2) is 0 Å². The summed E-state index contributed by atoms with van der Waals surface area (Å²) in [5.74, 6) is -1.24. The number of hydrogen-bond donors (Lipinski definition) is 3. The Morgan fingerprint density at radius 3 is 2.45 bits per heavy atom. The van der Waals surface area contributed by atoms with Crippen LogP contribution in [0.25, 0.3) is 22.5 Å². The van der Waals surface area contributed by atoms with Crippen molar-refractivity contribution in [2.45, 2.75) is 6.18 Å². The van der Waals surface area contributed by atoms with Gasteiger partial charge in [-0.15, -0.1) is 0 Å². The van der Waals surface area contributed by atoms with E-state index in [1.54, 1.807) is 25.7 Å². The number of carbonyl (C=O) groups is 1. The van der Waals surface area contributed by atoms with Crippen molar-refractivity contribution in [3.8, 4) is 28.6 Å². The van der Waals surface area contributed by atoms with Crippen molar-refractivity contribution in [3.05, 3.63) is 42.4 Å². The van der Waals surface area contributed by atoms with E-state index in [2.05, 4.69) is 36.2 Å². The number of nitriles is 1. The lowest BCUT2D eigenvalue weighted by Gasteiger charge is -2.28. The van der Waals surface area contributed by atoms with E-state index in [1.807, 2.05) is 30.1 Å². The molecule has 202 valence electrons. The Morgan fingerprint density at radius 2 is 1.87 bits per heavy atom. The van der Waals surface area contributed by atoms with Crippen LogP contribution >= 0.6 is 0 Å². The number of methoxy groups -OCH3 is 1. The fourth-order valence-corrected chi connectivity index (χ4v) is 3.56. The summed E-state index contributed by atoms with van der Waals surface area (Å²) in [6.45, 7) is 4.90. The highest BCUT2D eigenvalue weighted by atomic mass is 19.4. The first-order valence-electron chi connectivity index (χ1n) is 11.5. The second-order valence-electron chi connectivity index (χ2n) is 8.21. The molecule has 0 saturated carbocycles. The molecule has 0 bridgehead atoms. The molecule has 0 spiro atoms. The summed E-state index contributed by atoms with van der Waals surface area (Å²) in [5.41, 5.74) is 4.12. The summed E-state index contributed by atoms with van der Waals surface area (Å²) in [4.78, 5) is 29.9. The van der Waals surface area contributed by atoms with E-state index < -0.39 is 12.1 Å². The maximum Gasteiger partial charge on any atom is 0.490 e. The molecule has 4 rings (SSSR count). The van der Waals surface area contributed by atoms with Crippen molar-refractivity contribution in [2.75, 3.05) is 63.3 Å². The number of aromatic nitrogens is 4. The normalized spacial score (nSPS) is 13.3. The van der Waals surface area contributed by atoms with Crippen molar-refractivity contribution in [1.29, 1.82) is 5.26 Å². The summed E-state index contributed by atoms with van der Waals surface area (Å²) in [7, 11) is 3.60. The quantitative estimate of drug-likeness (QED) is 0.415. The van der Waals surface area contributed by atoms with Crippen LogP contribution in [0.1, 0.15) is 5.56 Å². The van der Waals surface area contributed by atoms with Crippen LogP contribution in [0.2, 0.25) is 0 Å². The monoisotopic (exact) mass is 532 g/mol. The largest absolute Gasteiger partial charge is 0.490 e. The summed E-state index contributed by atoms with van der Waals surface area (Å²) in [6, 6.07) is 8.15. The van der Waals surface area contributed by atoms with Gasteiger partial charge in [-0.2, -0.15) is 18.4 Å². The van der Waals surface area contributed by atoms with Gasteiger partial charge < -0.3 is 29.9 Å². The molecule has 3 aromatic rings. The number of anilines is 2. The minimum atomic E-state index is -5.08. The Hall–Kier alpha value is -4.22. The molecule has 3 N–H and O–H groups in total. The number of likely N-dealkylation sites (N-methyl/N-ethyl adjacent to an activating group) is 1. The predicted octanol–water partition coefficient (Wildman–Crippen LogP) is 2.53. The minimum absolute atomic E-state index is 0.613. The fourth-order valence-electron chi connectivity index (χ4n) is 3.56. The number of carboxylic acid groups (broad SMARTS) is 1. The third-order valence-corrected chi connectivity index (χ3v) is 5.57. The van der Waals surface area contributed by atoms with Gasteiger partial charge in [0.05, 0.1) is 17.9 Å². The van der Waals surface area contributed by atoms with Crippen LogP contribution in [0, 0.1) is 11.3 Å². The van der Waals surface area contributed by atoms with Gasteiger partial charge in [-0.3, -0.25) is 4.98 Å². The Kier molecular flexibility index (Phi) is 9.58. The highest BCUT2D eigenvalue weighted by Crippen LogP contribution is 2.29. The van der Waals surface area contributed by atoms with E-state index in [0.29, 0.717) is 24.7 Å². The number of hydrogen-bond acceptors (Lipinski definition) is 9. The molecule has 0 unspecified atom stereocenters. The van der Waals surface area contributed by atoms with Gasteiger partial charge in [-0.05, 0) is 18.2 Å². The van der Waals surface area contributed by atoms with Crippen molar-refractivity contribution in [3.63, 3.8) is 0 Å². The molecular formula is C24H27F3N8O3. The molecule has 1 fully saturated rings. The zero-order valence-corrected chi connectivity index (χ0v) is 20.8. The fraction of sp³-hybridized carbons (Fsp3) is 0.375. The third kappa shape index (κ3) is 7.40. The number of aliphatic carboxylic acids is 1. The zero-order chi connectivity index (χ0) is 27.7. The number of piperazine rings is 1. The Morgan fingerprint density at radius 1 is 1.21 bits per heavy atom. The number of nitrogens with one attached hydrogen (secondary N) is 2. The number of nitrogens with zero attached hydrogens (tertiary/aromatic N) is 6. The average molecular weight is 533 g/mol. The van der Waals surface area contributed by atoms with Crippen LogP contribution in [-0.4, -0.2) is 90.7 Å². The Bertz CT molecular complexity index is 1250. The second-order valence-corrected chi connectivity index (χ2v) is 8.21. The number of H-pyrrole nitrogens is 1. The highest BCUT2D eigenvalue weighted by Gasteiger charge is 2.38. The smallest absolute Gasteiger partial charge is 0.475 e. The van der Waals surface area contributed by atoms with E-state index in [-0.39, 0.29) is 0 Å². The second kappa shape index (κ2) is 12.8. The third-order valence-electron chi connectivity index (χ3n) is 5.57. The van der Waals surface area contributed by atoms with Crippen molar-refractivity contribution in [1.82, 2.24) is 25.3 Å². The van der Waals surface area contributed by atoms with Crippen LogP contribution in [-0.2, 0) is 9.53 Å². The maximum atomic E-state index is 10.6. The summed E-state index contributed by atoms with van der Waals surface area (Å²) < 4.78 is 36.8. The van der Waals surface area contributed by atoms with Gasteiger partial charge in [0.2, 0.25) is 5.95 Å². The molecule has 0 atom stereocenters. The molecule has 1 aliphatic heterocycles. The first-order valence-corrected chi connectivity index (χ1v) is 11.5. The Labute approximate surface area is 216 Å². The Balaban J connectivity index is 0.000000505. The zero-order valence-electron chi connectivity index (χ0n) is 20.8. The number of rotatable bonds is 7. The number of carboxylic acids is 1. The van der Waals surface area contributed by atoms with E-state index in [9.17, 15) is 18.4 Å². The van der Waals surface area contributed by atoms with Crippen LogP contribution in [0.15, 0.2) is 36.8 Å². The summed E-state index contributed by atoms with van der Waals surface area (Å²) >= 11 is 0. The first-order chi connectivity index (χ1) is 18.1. The van der Waals surface area contributed by atoms with Crippen LogP contribution in [0.3, 0.4) is 0 Å². The molecule has 0 radical (unpaired) electrons. The molecule has 11 nitrogen and oxygen atoms in total. The van der Waals surface area contributed by atoms with Crippen LogP contribution in [0.4, 0.5) is 24.9 Å². The van der Waals surface area contributed by atoms with E-state index >= 15 is 0 Å². The van der Waals surface area contributed by atoms with Gasteiger partial charge in [0.25, 0.3) is 0 Å². The SMILES string of the molecule is COCCN(C)c1ncc(-c2cc(-c3cc(C#N)c(N4CCNCC4)[nH]3)ccn2)cn1.O=C(O)C(F)(F)F. The number of aromatic amines is 1. The highest BCUT2D eigenvalue weighted by molar-refractivity contribution is 5.73. The van der Waals surface area contributed by atoms with E-state index in [0.717, 1.165) is 54.5 Å². The topological polar surface area (TPSA) is 143 Å². The maximum absolute atomic E-state index is 10.6. The summed E-state index contributed by atoms with van der Waals surface area (Å²) in [5, 5.41) is 20.1. The molecule has 4 heterocycles. The van der Waals surface area contributed by atoms with Crippen molar-refractivity contribution < 1.29 is 27.8 Å². The lowest BCUT2D eigenvalue weighted by molar-refractivity contribution is -0.192. The molecule has 38 heavy (non-hydrogen) atoms. The van der Waals surface area contributed by atoms with Crippen LogP contribution in [0.5, 0.6) is 0 Å². The van der Waals surface area contributed by atoms with Crippen LogP contribution < -0.4 is 15.1 Å². The first kappa shape index (κ1) is 28.4. The van der Waals surface area contributed by atoms with Gasteiger partial charge in [0, 0.05) is 82.3 Å². The number of ether oxygens (including phenoxy) is 1. The molecule has 3 aromatic heterocycles. The van der Waals surface area contributed by atoms with E-state index in [1.165, 1.54) is 0 Å². The van der Waals surface area contributed by atoms with Crippen molar-refractivity contribution >= 4 is 17.7 Å². The standard InChI is InChI=1S/C22H26N8O.C2HF3O2/c1-29(9-10-31-2)22-26-14-18(15-27-22)19-11-16(3-4-25-19)20-12-17(13-23)21(28-20)30-7-5-24-6-8-30;3-2(4,5)1(6)7/h3-4,11-12,14-15,24,28H,5-10H2,1-2H3;(H,6,7). The minimum Gasteiger partial charge on any atom is -0.475 e. The lowest BCUT2D eigenvalue weighted by Crippen LogP contribution is -2.44. The molecule has 14 heteroatoms. The van der Waals surface area contributed by atoms with Gasteiger partial charge >= 0.3 is 12.1 Å². The number of halogens is 3. The van der Waals surface area contributed by atoms with Gasteiger partial charge in [-0.25, -0.2) is 14.8 Å². The molecule has 0 amide bonds. The van der Waals surface area contributed by atoms with Gasteiger partial charge in [0.1, 0.15) is 11.9 Å². The molecule has 0 aliphatic carbocycles. The van der Waals surface area contributed by atoms with E-state index in [4.69, 9.17) is 14.6 Å². The number of pyridine rings is 1. The lowest BCUT2D eigenvalue weighted by atomic mass is 10.1. The molecule has 1 saturated heterocycles. The van der Waals surface area contributed by atoms with Crippen molar-refractivity contribution in [2.24, 2.45) is 0 Å². The predicted molar refractivity (Wildman–Crippen MR) is 134 cm³/mol. The average Bonchev–Trinajstić information content (AvgIpc) is 3.37. The molecule has 0 aromatic carbocycles. The molecular weight excluding hydrogens is 505 g/mol. The summed E-state index contributed by atoms with van der Waals surface area (Å²) in [6.07, 6.45) is 0.235. The number of alkyl halides is 3. The molecule has 1 aliphatic rings.